The zero-order valence-electron chi connectivity index (χ0n) is 14.4. The number of rotatable bonds is 2. The first-order valence-corrected chi connectivity index (χ1v) is 9.03. The Morgan fingerprint density at radius 1 is 1.08 bits per heavy atom. The number of aromatic hydroxyl groups is 1. The van der Waals surface area contributed by atoms with E-state index in [2.05, 4.69) is 0 Å². The molecule has 0 spiro atoms. The smallest absolute Gasteiger partial charge is 0.257 e. The zero-order chi connectivity index (χ0) is 17.7. The van der Waals surface area contributed by atoms with Crippen LogP contribution in [-0.2, 0) is 4.79 Å². The number of likely N-dealkylation sites (tertiary alicyclic amines) is 2. The Balaban J connectivity index is 1.44. The summed E-state index contributed by atoms with van der Waals surface area (Å²) >= 11 is 0. The SMILES string of the molecule is Cc1ccc(C(=O)N2C[C@@H]3C[C@H]2CN3C(=O)[C@@H]2CC[C@@H](O)C2)c(O)c1. The van der Waals surface area contributed by atoms with Gasteiger partial charge in [-0.2, -0.15) is 0 Å². The summed E-state index contributed by atoms with van der Waals surface area (Å²) in [5, 5.41) is 19.7. The third kappa shape index (κ3) is 2.78. The van der Waals surface area contributed by atoms with Crippen LogP contribution in [0.4, 0.5) is 0 Å². The maximum atomic E-state index is 12.8. The van der Waals surface area contributed by atoms with E-state index in [-0.39, 0.29) is 41.7 Å². The summed E-state index contributed by atoms with van der Waals surface area (Å²) in [6, 6.07) is 5.17. The van der Waals surface area contributed by atoms with E-state index in [1.807, 2.05) is 17.9 Å². The van der Waals surface area contributed by atoms with Gasteiger partial charge >= 0.3 is 0 Å². The van der Waals surface area contributed by atoms with E-state index in [9.17, 15) is 19.8 Å². The Labute approximate surface area is 147 Å². The minimum Gasteiger partial charge on any atom is -0.507 e. The average molecular weight is 344 g/mol. The Morgan fingerprint density at radius 2 is 1.80 bits per heavy atom. The minimum absolute atomic E-state index is 0.0145. The third-order valence-electron chi connectivity index (χ3n) is 5.92. The summed E-state index contributed by atoms with van der Waals surface area (Å²) in [7, 11) is 0. The topological polar surface area (TPSA) is 81.1 Å². The van der Waals surface area contributed by atoms with Crippen molar-refractivity contribution in [1.82, 2.24) is 9.80 Å². The Morgan fingerprint density at radius 3 is 2.40 bits per heavy atom. The van der Waals surface area contributed by atoms with E-state index in [4.69, 9.17) is 0 Å². The van der Waals surface area contributed by atoms with Crippen LogP contribution in [0.15, 0.2) is 18.2 Å². The number of hydrogen-bond donors (Lipinski definition) is 2. The number of carbonyl (C=O) groups is 2. The molecule has 1 aliphatic carbocycles. The lowest BCUT2D eigenvalue weighted by molar-refractivity contribution is -0.137. The molecule has 2 saturated heterocycles. The summed E-state index contributed by atoms with van der Waals surface area (Å²) in [4.78, 5) is 29.2. The highest BCUT2D eigenvalue weighted by molar-refractivity contribution is 5.97. The molecule has 0 unspecified atom stereocenters. The number of aliphatic hydroxyl groups excluding tert-OH is 1. The summed E-state index contributed by atoms with van der Waals surface area (Å²) in [6.45, 7) is 2.96. The van der Waals surface area contributed by atoms with Crippen LogP contribution in [0.3, 0.4) is 0 Å². The van der Waals surface area contributed by atoms with E-state index in [0.29, 0.717) is 31.5 Å². The molecule has 1 aromatic carbocycles. The summed E-state index contributed by atoms with van der Waals surface area (Å²) in [6.07, 6.45) is 2.48. The molecule has 0 radical (unpaired) electrons. The molecule has 3 fully saturated rings. The summed E-state index contributed by atoms with van der Waals surface area (Å²) < 4.78 is 0. The quantitative estimate of drug-likeness (QED) is 0.847. The van der Waals surface area contributed by atoms with Gasteiger partial charge < -0.3 is 20.0 Å². The Bertz CT molecular complexity index is 719. The normalized spacial score (nSPS) is 31.0. The molecule has 6 nitrogen and oxygen atoms in total. The predicted octanol–water partition coefficient (Wildman–Crippen LogP) is 1.29. The lowest BCUT2D eigenvalue weighted by atomic mass is 10.1. The number of nitrogens with zero attached hydrogens (tertiary/aromatic N) is 2. The van der Waals surface area contributed by atoms with Crippen molar-refractivity contribution in [2.24, 2.45) is 5.92 Å². The molecule has 3 aliphatic rings. The number of aryl methyl sites for hydroxylation is 1. The number of benzene rings is 1. The van der Waals surface area contributed by atoms with Crippen molar-refractivity contribution in [3.8, 4) is 5.75 Å². The van der Waals surface area contributed by atoms with Crippen LogP contribution >= 0.6 is 0 Å². The van der Waals surface area contributed by atoms with Gasteiger partial charge in [0.1, 0.15) is 5.75 Å². The highest BCUT2D eigenvalue weighted by Crippen LogP contribution is 2.36. The monoisotopic (exact) mass is 344 g/mol. The van der Waals surface area contributed by atoms with Gasteiger partial charge in [0.05, 0.1) is 23.8 Å². The lowest BCUT2D eigenvalue weighted by Gasteiger charge is -2.35. The highest BCUT2D eigenvalue weighted by atomic mass is 16.3. The molecule has 0 aromatic heterocycles. The fourth-order valence-electron chi connectivity index (χ4n) is 4.58. The van der Waals surface area contributed by atoms with Crippen molar-refractivity contribution in [3.63, 3.8) is 0 Å². The molecule has 6 heteroatoms. The molecule has 2 heterocycles. The van der Waals surface area contributed by atoms with Gasteiger partial charge in [-0.25, -0.2) is 0 Å². The largest absolute Gasteiger partial charge is 0.507 e. The molecule has 4 rings (SSSR count). The molecule has 134 valence electrons. The molecule has 2 aliphatic heterocycles. The van der Waals surface area contributed by atoms with Crippen molar-refractivity contribution < 1.29 is 19.8 Å². The molecule has 1 saturated carbocycles. The predicted molar refractivity (Wildman–Crippen MR) is 91.1 cm³/mol. The van der Waals surface area contributed by atoms with Crippen LogP contribution < -0.4 is 0 Å². The molecular weight excluding hydrogens is 320 g/mol. The number of hydrogen-bond acceptors (Lipinski definition) is 4. The summed E-state index contributed by atoms with van der Waals surface area (Å²) in [5.41, 5.74) is 1.24. The first-order chi connectivity index (χ1) is 11.9. The number of phenolic OH excluding ortho intramolecular Hbond substituents is 1. The van der Waals surface area contributed by atoms with Gasteiger partial charge in [0.2, 0.25) is 5.91 Å². The van der Waals surface area contributed by atoms with E-state index in [1.165, 1.54) is 0 Å². The van der Waals surface area contributed by atoms with E-state index in [0.717, 1.165) is 18.4 Å². The molecule has 2 N–H and O–H groups in total. The maximum Gasteiger partial charge on any atom is 0.257 e. The van der Waals surface area contributed by atoms with E-state index >= 15 is 0 Å². The molecular formula is C19H24N2O4. The first-order valence-electron chi connectivity index (χ1n) is 9.03. The number of phenols is 1. The summed E-state index contributed by atoms with van der Waals surface area (Å²) in [5.74, 6) is -0.0805. The van der Waals surface area contributed by atoms with Gasteiger partial charge in [-0.05, 0) is 50.3 Å². The molecule has 25 heavy (non-hydrogen) atoms. The van der Waals surface area contributed by atoms with Crippen molar-refractivity contribution in [1.29, 1.82) is 0 Å². The van der Waals surface area contributed by atoms with Gasteiger partial charge in [-0.15, -0.1) is 0 Å². The van der Waals surface area contributed by atoms with Gasteiger partial charge in [0.15, 0.2) is 0 Å². The molecule has 2 amide bonds. The lowest BCUT2D eigenvalue weighted by Crippen LogP contribution is -2.51. The van der Waals surface area contributed by atoms with Crippen molar-refractivity contribution in [2.75, 3.05) is 13.1 Å². The van der Waals surface area contributed by atoms with Gasteiger partial charge in [0.25, 0.3) is 5.91 Å². The van der Waals surface area contributed by atoms with Gasteiger partial charge in [0, 0.05) is 19.0 Å². The van der Waals surface area contributed by atoms with Crippen LogP contribution in [0.1, 0.15) is 41.6 Å². The third-order valence-corrected chi connectivity index (χ3v) is 5.92. The van der Waals surface area contributed by atoms with Crippen LogP contribution in [-0.4, -0.2) is 63.1 Å². The van der Waals surface area contributed by atoms with Crippen LogP contribution in [0, 0.1) is 12.8 Å². The second kappa shape index (κ2) is 6.02. The van der Waals surface area contributed by atoms with Crippen LogP contribution in [0.25, 0.3) is 0 Å². The first kappa shape index (κ1) is 16.4. The second-order valence-electron chi connectivity index (χ2n) is 7.68. The Kier molecular flexibility index (Phi) is 3.95. The number of piperazine rings is 1. The van der Waals surface area contributed by atoms with Crippen molar-refractivity contribution in [3.05, 3.63) is 29.3 Å². The minimum atomic E-state index is -0.351. The van der Waals surface area contributed by atoms with Gasteiger partial charge in [-0.1, -0.05) is 6.07 Å². The number of carbonyl (C=O) groups excluding carboxylic acids is 2. The fraction of sp³-hybridized carbons (Fsp3) is 0.579. The molecule has 2 bridgehead atoms. The number of fused-ring (bicyclic) bond motifs is 2. The zero-order valence-corrected chi connectivity index (χ0v) is 14.4. The van der Waals surface area contributed by atoms with Crippen molar-refractivity contribution >= 4 is 11.8 Å². The second-order valence-corrected chi connectivity index (χ2v) is 7.68. The number of aliphatic hydroxyl groups is 1. The Hall–Kier alpha value is -2.08. The van der Waals surface area contributed by atoms with E-state index in [1.54, 1.807) is 17.0 Å². The molecule has 4 atom stereocenters. The van der Waals surface area contributed by atoms with Gasteiger partial charge in [-0.3, -0.25) is 9.59 Å². The van der Waals surface area contributed by atoms with E-state index < -0.39 is 0 Å². The highest BCUT2D eigenvalue weighted by Gasteiger charge is 2.49. The standard InChI is InChI=1S/C19H24N2O4/c1-11-2-5-16(17(23)6-11)19(25)21-10-13-8-14(21)9-20(13)18(24)12-3-4-15(22)7-12/h2,5-6,12-15,22-23H,3-4,7-10H2,1H3/t12-,13+,14+,15-/m1/s1. The number of amides is 2. The van der Waals surface area contributed by atoms with Crippen LogP contribution in [0.2, 0.25) is 0 Å². The fourth-order valence-corrected chi connectivity index (χ4v) is 4.58. The van der Waals surface area contributed by atoms with Crippen molar-refractivity contribution in [2.45, 2.75) is 50.8 Å². The maximum absolute atomic E-state index is 12.8. The average Bonchev–Trinajstić information content (AvgIpc) is 3.28. The molecule has 1 aromatic rings. The van der Waals surface area contributed by atoms with Crippen LogP contribution in [0.5, 0.6) is 5.75 Å².